The highest BCUT2D eigenvalue weighted by molar-refractivity contribution is 5.68. The van der Waals surface area contributed by atoms with E-state index >= 15 is 0 Å². The van der Waals surface area contributed by atoms with Gasteiger partial charge in [0.1, 0.15) is 0 Å². The molecule has 0 aromatic carbocycles. The lowest BCUT2D eigenvalue weighted by Gasteiger charge is -2.44. The van der Waals surface area contributed by atoms with Crippen LogP contribution in [0.5, 0.6) is 0 Å². The fourth-order valence-electron chi connectivity index (χ4n) is 6.31. The normalized spacial score (nSPS) is 35.4. The fourth-order valence-corrected chi connectivity index (χ4v) is 6.31. The number of rotatable bonds is 4. The van der Waals surface area contributed by atoms with Crippen molar-refractivity contribution in [2.45, 2.75) is 97.3 Å². The van der Waals surface area contributed by atoms with E-state index in [9.17, 15) is 15.0 Å². The molecule has 0 heterocycles. The van der Waals surface area contributed by atoms with Crippen LogP contribution in [0, 0.1) is 23.2 Å². The van der Waals surface area contributed by atoms with Gasteiger partial charge >= 0.3 is 6.09 Å². The van der Waals surface area contributed by atoms with Gasteiger partial charge in [0.05, 0.1) is 18.8 Å². The molecule has 1 amide bonds. The van der Waals surface area contributed by atoms with E-state index in [2.05, 4.69) is 37.9 Å². The molecule has 0 unspecified atom stereocenters. The lowest BCUT2D eigenvalue weighted by Crippen LogP contribution is -2.42. The lowest BCUT2D eigenvalue weighted by atomic mass is 9.61. The van der Waals surface area contributed by atoms with Crippen molar-refractivity contribution >= 4 is 6.09 Å². The van der Waals surface area contributed by atoms with Gasteiger partial charge in [0.2, 0.25) is 0 Å². The van der Waals surface area contributed by atoms with Crippen molar-refractivity contribution in [3.05, 3.63) is 35.5 Å². The molecule has 3 aliphatic carbocycles. The van der Waals surface area contributed by atoms with E-state index < -0.39 is 12.2 Å². The maximum atomic E-state index is 12.1. The Morgan fingerprint density at radius 1 is 1.25 bits per heavy atom. The molecule has 3 N–H and O–H groups in total. The molecule has 0 spiro atoms. The SMILES string of the molecule is C=C1[C@H](O)CC(=CC=C2CCC[C@]3(C)[C@@H]([C@H](C)COC(=O)NC(C)(C)C)CC[C@@H]23)C[C@H]1O. The summed E-state index contributed by atoms with van der Waals surface area (Å²) in [5.41, 5.74) is 3.07. The van der Waals surface area contributed by atoms with Crippen LogP contribution in [0.4, 0.5) is 4.79 Å². The first-order chi connectivity index (χ1) is 14.9. The van der Waals surface area contributed by atoms with Crippen LogP contribution in [0.3, 0.4) is 0 Å². The Kier molecular flexibility index (Phi) is 7.61. The number of nitrogens with one attached hydrogen (secondary N) is 1. The Bertz CT molecular complexity index is 761. The summed E-state index contributed by atoms with van der Waals surface area (Å²) >= 11 is 0. The molecule has 3 aliphatic rings. The molecule has 0 bridgehead atoms. The average Bonchev–Trinajstić information content (AvgIpc) is 3.04. The van der Waals surface area contributed by atoms with Crippen LogP contribution in [0.15, 0.2) is 35.5 Å². The Morgan fingerprint density at radius 2 is 1.91 bits per heavy atom. The second-order valence-corrected chi connectivity index (χ2v) is 11.6. The minimum Gasteiger partial charge on any atom is -0.449 e. The van der Waals surface area contributed by atoms with E-state index in [4.69, 9.17) is 4.74 Å². The zero-order chi connectivity index (χ0) is 23.7. The lowest BCUT2D eigenvalue weighted by molar-refractivity contribution is 0.0545. The van der Waals surface area contributed by atoms with E-state index in [0.29, 0.717) is 42.8 Å². The van der Waals surface area contributed by atoms with Crippen molar-refractivity contribution in [3.8, 4) is 0 Å². The summed E-state index contributed by atoms with van der Waals surface area (Å²) in [6, 6.07) is 0. The number of hydrogen-bond donors (Lipinski definition) is 3. The average molecular weight is 446 g/mol. The number of carbonyl (C=O) groups is 1. The summed E-state index contributed by atoms with van der Waals surface area (Å²) in [7, 11) is 0. The number of allylic oxidation sites excluding steroid dienone is 3. The van der Waals surface area contributed by atoms with Crippen LogP contribution in [0.25, 0.3) is 0 Å². The van der Waals surface area contributed by atoms with Crippen molar-refractivity contribution in [2.24, 2.45) is 23.2 Å². The van der Waals surface area contributed by atoms with E-state index in [1.54, 1.807) is 0 Å². The fraction of sp³-hybridized carbons (Fsp3) is 0.741. The van der Waals surface area contributed by atoms with Gasteiger partial charge in [0, 0.05) is 5.54 Å². The number of alkyl carbamates (subject to hydrolysis) is 1. The number of aliphatic hydroxyl groups is 2. The van der Waals surface area contributed by atoms with Crippen LogP contribution in [0.1, 0.15) is 79.6 Å². The number of aliphatic hydroxyl groups excluding tert-OH is 2. The van der Waals surface area contributed by atoms with Crippen molar-refractivity contribution in [1.82, 2.24) is 5.32 Å². The van der Waals surface area contributed by atoms with Crippen molar-refractivity contribution in [1.29, 1.82) is 0 Å². The topological polar surface area (TPSA) is 78.8 Å². The van der Waals surface area contributed by atoms with Crippen LogP contribution in [-0.4, -0.2) is 40.7 Å². The summed E-state index contributed by atoms with van der Waals surface area (Å²) in [5.74, 6) is 1.41. The molecule has 0 radical (unpaired) electrons. The summed E-state index contributed by atoms with van der Waals surface area (Å²) in [6.45, 7) is 14.8. The van der Waals surface area contributed by atoms with Crippen LogP contribution >= 0.6 is 0 Å². The molecular weight excluding hydrogens is 402 g/mol. The first-order valence-electron chi connectivity index (χ1n) is 12.3. The molecule has 32 heavy (non-hydrogen) atoms. The maximum Gasteiger partial charge on any atom is 0.407 e. The first-order valence-corrected chi connectivity index (χ1v) is 12.3. The van der Waals surface area contributed by atoms with Gasteiger partial charge < -0.3 is 20.3 Å². The monoisotopic (exact) mass is 445 g/mol. The van der Waals surface area contributed by atoms with Crippen LogP contribution in [0.2, 0.25) is 0 Å². The number of amides is 1. The van der Waals surface area contributed by atoms with Gasteiger partial charge in [-0.2, -0.15) is 0 Å². The standard InChI is InChI=1S/C27H43NO4/c1-17(16-32-25(31)28-26(3,4)5)21-11-12-22-20(8-7-13-27(21,22)6)10-9-19-14-23(29)18(2)24(30)15-19/h9-10,17,21-24,29-30H,2,7-8,11-16H2,1,3-6H3,(H,28,31)/t17-,21-,22+,23-,24-,27-/m1/s1. The van der Waals surface area contributed by atoms with Crippen molar-refractivity contribution in [2.75, 3.05) is 6.61 Å². The Labute approximate surface area is 194 Å². The maximum absolute atomic E-state index is 12.1. The van der Waals surface area contributed by atoms with Crippen molar-refractivity contribution < 1.29 is 19.7 Å². The number of fused-ring (bicyclic) bond motifs is 1. The molecule has 5 nitrogen and oxygen atoms in total. The van der Waals surface area contributed by atoms with Gasteiger partial charge in [0.25, 0.3) is 0 Å². The number of ether oxygens (including phenoxy) is 1. The largest absolute Gasteiger partial charge is 0.449 e. The molecule has 0 saturated heterocycles. The molecule has 6 atom stereocenters. The van der Waals surface area contributed by atoms with Gasteiger partial charge in [-0.05, 0) is 94.5 Å². The Balaban J connectivity index is 1.65. The number of hydrogen-bond acceptors (Lipinski definition) is 4. The highest BCUT2D eigenvalue weighted by Crippen LogP contribution is 2.59. The summed E-state index contributed by atoms with van der Waals surface area (Å²) in [5, 5.41) is 23.1. The Morgan fingerprint density at radius 3 is 2.53 bits per heavy atom. The predicted molar refractivity (Wildman–Crippen MR) is 128 cm³/mol. The highest BCUT2D eigenvalue weighted by Gasteiger charge is 2.50. The molecule has 3 fully saturated rings. The van der Waals surface area contributed by atoms with E-state index in [-0.39, 0.29) is 17.0 Å². The third-order valence-corrected chi connectivity index (χ3v) is 7.98. The van der Waals surface area contributed by atoms with E-state index in [0.717, 1.165) is 18.4 Å². The zero-order valence-corrected chi connectivity index (χ0v) is 20.6. The smallest absolute Gasteiger partial charge is 0.407 e. The molecular formula is C27H43NO4. The molecule has 3 rings (SSSR count). The first kappa shape index (κ1) is 25.0. The van der Waals surface area contributed by atoms with Gasteiger partial charge in [-0.1, -0.05) is 43.7 Å². The molecule has 180 valence electrons. The van der Waals surface area contributed by atoms with Gasteiger partial charge in [-0.25, -0.2) is 4.79 Å². The third-order valence-electron chi connectivity index (χ3n) is 7.98. The molecule has 0 aromatic heterocycles. The predicted octanol–water partition coefficient (Wildman–Crippen LogP) is 5.29. The van der Waals surface area contributed by atoms with Crippen LogP contribution < -0.4 is 5.32 Å². The minimum absolute atomic E-state index is 0.228. The zero-order valence-electron chi connectivity index (χ0n) is 20.6. The van der Waals surface area contributed by atoms with Gasteiger partial charge in [-0.3, -0.25) is 0 Å². The summed E-state index contributed by atoms with van der Waals surface area (Å²) in [6.07, 6.45) is 9.76. The van der Waals surface area contributed by atoms with E-state index in [1.807, 2.05) is 20.8 Å². The molecule has 3 saturated carbocycles. The van der Waals surface area contributed by atoms with Crippen LogP contribution in [-0.2, 0) is 4.74 Å². The summed E-state index contributed by atoms with van der Waals surface area (Å²) < 4.78 is 5.57. The molecule has 5 heteroatoms. The second-order valence-electron chi connectivity index (χ2n) is 11.6. The third kappa shape index (κ3) is 5.66. The highest BCUT2D eigenvalue weighted by atomic mass is 16.5. The number of carbonyl (C=O) groups excluding carboxylic acids is 1. The van der Waals surface area contributed by atoms with E-state index in [1.165, 1.54) is 24.8 Å². The second kappa shape index (κ2) is 9.72. The molecule has 0 aromatic rings. The van der Waals surface area contributed by atoms with Gasteiger partial charge in [0.15, 0.2) is 0 Å². The van der Waals surface area contributed by atoms with Gasteiger partial charge in [-0.15, -0.1) is 0 Å². The quantitative estimate of drug-likeness (QED) is 0.514. The van der Waals surface area contributed by atoms with Crippen molar-refractivity contribution in [3.63, 3.8) is 0 Å². The summed E-state index contributed by atoms with van der Waals surface area (Å²) in [4.78, 5) is 12.1. The Hall–Kier alpha value is -1.59. The minimum atomic E-state index is -0.646. The molecule has 0 aliphatic heterocycles.